The van der Waals surface area contributed by atoms with E-state index in [4.69, 9.17) is 9.47 Å². The predicted molar refractivity (Wildman–Crippen MR) is 101 cm³/mol. The maximum absolute atomic E-state index is 12.8. The second kappa shape index (κ2) is 8.52. The Morgan fingerprint density at radius 2 is 1.77 bits per heavy atom. The van der Waals surface area contributed by atoms with Crippen LogP contribution in [-0.4, -0.2) is 36.3 Å². The average Bonchev–Trinajstić information content (AvgIpc) is 2.63. The molecule has 0 aliphatic rings. The number of rotatable bonds is 7. The van der Waals surface area contributed by atoms with E-state index in [2.05, 4.69) is 0 Å². The Labute approximate surface area is 154 Å². The molecule has 2 aromatic carbocycles. The van der Waals surface area contributed by atoms with Crippen molar-refractivity contribution >= 4 is 12.2 Å². The van der Waals surface area contributed by atoms with Gasteiger partial charge in [0.15, 0.2) is 18.1 Å². The fraction of sp³-hybridized carbons (Fsp3) is 0.333. The number of hydrogen-bond acceptors (Lipinski definition) is 4. The van der Waals surface area contributed by atoms with Crippen LogP contribution in [0.15, 0.2) is 48.5 Å². The molecule has 0 heterocycles. The first kappa shape index (κ1) is 19.5. The van der Waals surface area contributed by atoms with E-state index < -0.39 is 0 Å². The van der Waals surface area contributed by atoms with Crippen LogP contribution in [0.5, 0.6) is 11.5 Å². The van der Waals surface area contributed by atoms with Crippen molar-refractivity contribution in [2.24, 2.45) is 0 Å². The first-order chi connectivity index (χ1) is 12.3. The summed E-state index contributed by atoms with van der Waals surface area (Å²) in [4.78, 5) is 25.6. The highest BCUT2D eigenvalue weighted by Gasteiger charge is 2.27. The van der Waals surface area contributed by atoms with Crippen molar-refractivity contribution in [1.82, 2.24) is 4.90 Å². The lowest BCUT2D eigenvalue weighted by molar-refractivity contribution is -0.139. The maximum Gasteiger partial charge on any atom is 0.261 e. The maximum atomic E-state index is 12.8. The molecule has 0 aliphatic heterocycles. The van der Waals surface area contributed by atoms with Crippen LogP contribution in [0.3, 0.4) is 0 Å². The Balaban J connectivity index is 2.14. The van der Waals surface area contributed by atoms with Crippen molar-refractivity contribution in [3.05, 3.63) is 59.7 Å². The number of benzene rings is 2. The van der Waals surface area contributed by atoms with Gasteiger partial charge in [-0.05, 0) is 44.5 Å². The van der Waals surface area contributed by atoms with E-state index in [-0.39, 0.29) is 18.1 Å². The van der Waals surface area contributed by atoms with Crippen LogP contribution in [0.1, 0.15) is 36.7 Å². The minimum Gasteiger partial charge on any atom is -0.493 e. The van der Waals surface area contributed by atoms with Crippen LogP contribution in [0, 0.1) is 0 Å². The highest BCUT2D eigenvalue weighted by atomic mass is 16.5. The molecule has 138 valence electrons. The van der Waals surface area contributed by atoms with Crippen molar-refractivity contribution in [3.8, 4) is 11.5 Å². The average molecular weight is 355 g/mol. The quantitative estimate of drug-likeness (QED) is 0.711. The van der Waals surface area contributed by atoms with E-state index in [9.17, 15) is 9.59 Å². The van der Waals surface area contributed by atoms with Gasteiger partial charge in [0.1, 0.15) is 6.29 Å². The van der Waals surface area contributed by atoms with Gasteiger partial charge in [-0.1, -0.05) is 30.3 Å². The molecule has 0 bridgehead atoms. The number of aldehydes is 1. The van der Waals surface area contributed by atoms with Gasteiger partial charge in [0.05, 0.1) is 7.11 Å². The van der Waals surface area contributed by atoms with E-state index in [0.29, 0.717) is 23.6 Å². The zero-order valence-electron chi connectivity index (χ0n) is 15.7. The normalized spacial score (nSPS) is 10.9. The molecule has 0 saturated carbocycles. The third-order valence-corrected chi connectivity index (χ3v) is 3.97. The van der Waals surface area contributed by atoms with Crippen LogP contribution in [-0.2, 0) is 11.3 Å². The minimum atomic E-state index is -0.356. The fourth-order valence-corrected chi connectivity index (χ4v) is 2.56. The Morgan fingerprint density at radius 1 is 1.08 bits per heavy atom. The molecule has 0 unspecified atom stereocenters. The second-order valence-corrected chi connectivity index (χ2v) is 6.95. The summed E-state index contributed by atoms with van der Waals surface area (Å²) < 4.78 is 10.9. The highest BCUT2D eigenvalue weighted by Crippen LogP contribution is 2.28. The second-order valence-electron chi connectivity index (χ2n) is 6.95. The van der Waals surface area contributed by atoms with E-state index in [0.717, 1.165) is 11.8 Å². The Hall–Kier alpha value is -2.82. The molecule has 0 fully saturated rings. The number of carbonyl (C=O) groups excluding carboxylic acids is 2. The molecule has 0 atom stereocenters. The van der Waals surface area contributed by atoms with Crippen LogP contribution < -0.4 is 9.47 Å². The minimum absolute atomic E-state index is 0.136. The first-order valence-corrected chi connectivity index (χ1v) is 8.45. The van der Waals surface area contributed by atoms with Gasteiger partial charge in [-0.2, -0.15) is 0 Å². The summed E-state index contributed by atoms with van der Waals surface area (Å²) in [5, 5.41) is 0. The largest absolute Gasteiger partial charge is 0.493 e. The van der Waals surface area contributed by atoms with Gasteiger partial charge in [0.25, 0.3) is 5.91 Å². The molecule has 1 amide bonds. The number of hydrogen-bond donors (Lipinski definition) is 0. The van der Waals surface area contributed by atoms with Crippen LogP contribution in [0.2, 0.25) is 0 Å². The highest BCUT2D eigenvalue weighted by molar-refractivity contribution is 5.79. The number of nitrogens with zero attached hydrogens (tertiary/aromatic N) is 1. The molecule has 0 N–H and O–H groups in total. The standard InChI is InChI=1S/C21H25NO4/c1-21(2,3)22(13-16-8-6-5-7-9-16)20(24)15-26-19-12-17(14-23)10-11-18(19)25-4/h5-12,14H,13,15H2,1-4H3. The number of amides is 1. The topological polar surface area (TPSA) is 55.8 Å². The van der Waals surface area contributed by atoms with Gasteiger partial charge in [-0.25, -0.2) is 0 Å². The van der Waals surface area contributed by atoms with Crippen molar-refractivity contribution < 1.29 is 19.1 Å². The van der Waals surface area contributed by atoms with Gasteiger partial charge >= 0.3 is 0 Å². The van der Waals surface area contributed by atoms with Gasteiger partial charge in [-0.3, -0.25) is 9.59 Å². The molecule has 2 rings (SSSR count). The number of ether oxygens (including phenoxy) is 2. The first-order valence-electron chi connectivity index (χ1n) is 8.45. The molecule has 26 heavy (non-hydrogen) atoms. The van der Waals surface area contributed by atoms with Crippen molar-refractivity contribution in [1.29, 1.82) is 0 Å². The Kier molecular flexibility index (Phi) is 6.39. The zero-order valence-corrected chi connectivity index (χ0v) is 15.7. The van der Waals surface area contributed by atoms with Crippen LogP contribution in [0.25, 0.3) is 0 Å². The van der Waals surface area contributed by atoms with Gasteiger partial charge in [0, 0.05) is 17.6 Å². The van der Waals surface area contributed by atoms with E-state index >= 15 is 0 Å². The van der Waals surface area contributed by atoms with Crippen molar-refractivity contribution in [2.45, 2.75) is 32.9 Å². The summed E-state index contributed by atoms with van der Waals surface area (Å²) in [6.07, 6.45) is 0.727. The molecule has 5 nitrogen and oxygen atoms in total. The van der Waals surface area contributed by atoms with Crippen molar-refractivity contribution in [2.75, 3.05) is 13.7 Å². The molecular formula is C21H25NO4. The summed E-state index contributed by atoms with van der Waals surface area (Å²) >= 11 is 0. The SMILES string of the molecule is COc1ccc(C=O)cc1OCC(=O)N(Cc1ccccc1)C(C)(C)C. The van der Waals surface area contributed by atoms with E-state index in [1.165, 1.54) is 7.11 Å². The molecule has 2 aromatic rings. The van der Waals surface area contributed by atoms with Gasteiger partial charge in [-0.15, -0.1) is 0 Å². The van der Waals surface area contributed by atoms with Crippen LogP contribution >= 0.6 is 0 Å². The number of methoxy groups -OCH3 is 1. The molecule has 0 spiro atoms. The Morgan fingerprint density at radius 3 is 2.35 bits per heavy atom. The summed E-state index contributed by atoms with van der Waals surface area (Å²) in [6, 6.07) is 14.7. The van der Waals surface area contributed by atoms with E-state index in [1.54, 1.807) is 23.1 Å². The van der Waals surface area contributed by atoms with Gasteiger partial charge < -0.3 is 14.4 Å². The molecule has 0 aromatic heterocycles. The van der Waals surface area contributed by atoms with Crippen LogP contribution in [0.4, 0.5) is 0 Å². The number of carbonyl (C=O) groups is 2. The lowest BCUT2D eigenvalue weighted by Crippen LogP contribution is -2.47. The van der Waals surface area contributed by atoms with Gasteiger partial charge in [0.2, 0.25) is 0 Å². The predicted octanol–water partition coefficient (Wildman–Crippen LogP) is 3.71. The fourth-order valence-electron chi connectivity index (χ4n) is 2.56. The smallest absolute Gasteiger partial charge is 0.261 e. The summed E-state index contributed by atoms with van der Waals surface area (Å²) in [5.41, 5.74) is 1.16. The van der Waals surface area contributed by atoms with E-state index in [1.807, 2.05) is 51.1 Å². The summed E-state index contributed by atoms with van der Waals surface area (Å²) in [6.45, 7) is 6.32. The lowest BCUT2D eigenvalue weighted by atomic mass is 10.0. The summed E-state index contributed by atoms with van der Waals surface area (Å²) in [7, 11) is 1.52. The third-order valence-electron chi connectivity index (χ3n) is 3.97. The Bertz CT molecular complexity index is 750. The molecular weight excluding hydrogens is 330 g/mol. The van der Waals surface area contributed by atoms with Crippen molar-refractivity contribution in [3.63, 3.8) is 0 Å². The third kappa shape index (κ3) is 5.09. The lowest BCUT2D eigenvalue weighted by Gasteiger charge is -2.36. The molecule has 0 saturated heterocycles. The summed E-state index contributed by atoms with van der Waals surface area (Å²) in [5.74, 6) is 0.715. The molecule has 0 radical (unpaired) electrons. The monoisotopic (exact) mass is 355 g/mol. The molecule has 5 heteroatoms. The molecule has 0 aliphatic carbocycles. The zero-order chi connectivity index (χ0) is 19.2.